The molecule has 0 spiro atoms. The first-order valence-electron chi connectivity index (χ1n) is 5.71. The van der Waals surface area contributed by atoms with Crippen LogP contribution in [0.5, 0.6) is 0 Å². The van der Waals surface area contributed by atoms with Crippen molar-refractivity contribution in [1.82, 2.24) is 10.3 Å². The molecular formula is C13H15FN2S. The quantitative estimate of drug-likeness (QED) is 0.825. The van der Waals surface area contributed by atoms with Gasteiger partial charge in [-0.3, -0.25) is 0 Å². The van der Waals surface area contributed by atoms with Crippen LogP contribution in [-0.4, -0.2) is 18.1 Å². The number of hydrogen-bond acceptors (Lipinski definition) is 3. The van der Waals surface area contributed by atoms with Crippen molar-refractivity contribution in [2.24, 2.45) is 0 Å². The SMILES string of the molecule is CCNCCc1nc(-c2ccccc2F)cs1. The summed E-state index contributed by atoms with van der Waals surface area (Å²) in [6.45, 7) is 3.96. The Balaban J connectivity index is 2.10. The van der Waals surface area contributed by atoms with Gasteiger partial charge in [0, 0.05) is 23.9 Å². The lowest BCUT2D eigenvalue weighted by molar-refractivity contribution is 0.630. The summed E-state index contributed by atoms with van der Waals surface area (Å²) < 4.78 is 13.5. The molecular weight excluding hydrogens is 235 g/mol. The van der Waals surface area contributed by atoms with Gasteiger partial charge in [-0.25, -0.2) is 9.37 Å². The van der Waals surface area contributed by atoms with E-state index in [-0.39, 0.29) is 5.82 Å². The molecule has 2 nitrogen and oxygen atoms in total. The molecule has 0 amide bonds. The van der Waals surface area contributed by atoms with Crippen molar-refractivity contribution in [3.63, 3.8) is 0 Å². The van der Waals surface area contributed by atoms with Gasteiger partial charge < -0.3 is 5.32 Å². The second-order valence-corrected chi connectivity index (χ2v) is 4.65. The van der Waals surface area contributed by atoms with E-state index in [0.717, 1.165) is 30.2 Å². The van der Waals surface area contributed by atoms with Crippen molar-refractivity contribution in [3.05, 3.63) is 40.5 Å². The minimum atomic E-state index is -0.212. The normalized spacial score (nSPS) is 10.7. The maximum Gasteiger partial charge on any atom is 0.132 e. The van der Waals surface area contributed by atoms with Gasteiger partial charge in [0.1, 0.15) is 5.82 Å². The van der Waals surface area contributed by atoms with E-state index in [9.17, 15) is 4.39 Å². The van der Waals surface area contributed by atoms with Crippen LogP contribution in [0.15, 0.2) is 29.6 Å². The fourth-order valence-corrected chi connectivity index (χ4v) is 2.39. The molecule has 0 saturated carbocycles. The summed E-state index contributed by atoms with van der Waals surface area (Å²) in [6, 6.07) is 6.75. The Morgan fingerprint density at radius 1 is 1.35 bits per heavy atom. The Bertz CT molecular complexity index is 482. The molecule has 1 aromatic heterocycles. The third-order valence-corrected chi connectivity index (χ3v) is 3.38. The van der Waals surface area contributed by atoms with E-state index in [2.05, 4.69) is 17.2 Å². The lowest BCUT2D eigenvalue weighted by Gasteiger charge is -1.99. The number of aromatic nitrogens is 1. The lowest BCUT2D eigenvalue weighted by Crippen LogP contribution is -2.15. The fraction of sp³-hybridized carbons (Fsp3) is 0.308. The van der Waals surface area contributed by atoms with Crippen LogP contribution in [0.4, 0.5) is 4.39 Å². The van der Waals surface area contributed by atoms with Gasteiger partial charge >= 0.3 is 0 Å². The number of nitrogens with one attached hydrogen (secondary N) is 1. The average Bonchev–Trinajstić information content (AvgIpc) is 2.79. The molecule has 0 unspecified atom stereocenters. The summed E-state index contributed by atoms with van der Waals surface area (Å²) in [4.78, 5) is 4.45. The predicted octanol–water partition coefficient (Wildman–Crippen LogP) is 3.10. The highest BCUT2D eigenvalue weighted by Gasteiger charge is 2.08. The summed E-state index contributed by atoms with van der Waals surface area (Å²) in [6.07, 6.45) is 0.896. The van der Waals surface area contributed by atoms with Crippen LogP contribution in [0.3, 0.4) is 0 Å². The van der Waals surface area contributed by atoms with Crippen molar-refractivity contribution in [2.75, 3.05) is 13.1 Å². The topological polar surface area (TPSA) is 24.9 Å². The second-order valence-electron chi connectivity index (χ2n) is 3.71. The van der Waals surface area contributed by atoms with Crippen LogP contribution in [0.25, 0.3) is 11.3 Å². The van der Waals surface area contributed by atoms with E-state index in [1.54, 1.807) is 23.5 Å². The zero-order chi connectivity index (χ0) is 12.1. The van der Waals surface area contributed by atoms with Crippen LogP contribution in [0.1, 0.15) is 11.9 Å². The number of likely N-dealkylation sites (N-methyl/N-ethyl adjacent to an activating group) is 1. The minimum Gasteiger partial charge on any atom is -0.317 e. The molecule has 0 fully saturated rings. The number of halogens is 1. The van der Waals surface area contributed by atoms with E-state index < -0.39 is 0 Å². The maximum atomic E-state index is 13.5. The van der Waals surface area contributed by atoms with E-state index in [0.29, 0.717) is 5.56 Å². The van der Waals surface area contributed by atoms with Crippen LogP contribution in [0.2, 0.25) is 0 Å². The van der Waals surface area contributed by atoms with Crippen molar-refractivity contribution < 1.29 is 4.39 Å². The Morgan fingerprint density at radius 2 is 2.18 bits per heavy atom. The van der Waals surface area contributed by atoms with Gasteiger partial charge in [-0.15, -0.1) is 11.3 Å². The molecule has 0 bridgehead atoms. The molecule has 1 N–H and O–H groups in total. The van der Waals surface area contributed by atoms with Crippen molar-refractivity contribution in [3.8, 4) is 11.3 Å². The Labute approximate surface area is 105 Å². The van der Waals surface area contributed by atoms with Gasteiger partial charge in [-0.05, 0) is 18.7 Å². The molecule has 1 aromatic carbocycles. The number of hydrogen-bond donors (Lipinski definition) is 1. The van der Waals surface area contributed by atoms with Gasteiger partial charge in [0.05, 0.1) is 10.7 Å². The zero-order valence-corrected chi connectivity index (χ0v) is 10.6. The van der Waals surface area contributed by atoms with Gasteiger partial charge in [-0.1, -0.05) is 19.1 Å². The second kappa shape index (κ2) is 5.89. The van der Waals surface area contributed by atoms with Gasteiger partial charge in [0.15, 0.2) is 0 Å². The Morgan fingerprint density at radius 3 is 2.94 bits per heavy atom. The molecule has 4 heteroatoms. The maximum absolute atomic E-state index is 13.5. The van der Waals surface area contributed by atoms with Crippen molar-refractivity contribution in [2.45, 2.75) is 13.3 Å². The number of nitrogens with zero attached hydrogens (tertiary/aromatic N) is 1. The smallest absolute Gasteiger partial charge is 0.132 e. The zero-order valence-electron chi connectivity index (χ0n) is 9.74. The minimum absolute atomic E-state index is 0.212. The van der Waals surface area contributed by atoms with E-state index in [4.69, 9.17) is 0 Å². The molecule has 0 aliphatic heterocycles. The average molecular weight is 250 g/mol. The largest absolute Gasteiger partial charge is 0.317 e. The van der Waals surface area contributed by atoms with Crippen LogP contribution in [-0.2, 0) is 6.42 Å². The monoisotopic (exact) mass is 250 g/mol. The molecule has 1 heterocycles. The summed E-state index contributed by atoms with van der Waals surface area (Å²) >= 11 is 1.59. The number of thiazole rings is 1. The van der Waals surface area contributed by atoms with E-state index in [1.165, 1.54) is 6.07 Å². The first-order valence-corrected chi connectivity index (χ1v) is 6.59. The first kappa shape index (κ1) is 12.2. The third-order valence-electron chi connectivity index (χ3n) is 2.47. The molecule has 17 heavy (non-hydrogen) atoms. The van der Waals surface area contributed by atoms with E-state index >= 15 is 0 Å². The highest BCUT2D eigenvalue weighted by Crippen LogP contribution is 2.24. The first-order chi connectivity index (χ1) is 8.31. The standard InChI is InChI=1S/C13H15FN2S/c1-2-15-8-7-13-16-12(9-17-13)10-5-3-4-6-11(10)14/h3-6,9,15H,2,7-8H2,1H3. The lowest BCUT2D eigenvalue weighted by atomic mass is 10.1. The molecule has 0 saturated heterocycles. The highest BCUT2D eigenvalue weighted by atomic mass is 32.1. The molecule has 0 atom stereocenters. The summed E-state index contributed by atoms with van der Waals surface area (Å²) in [7, 11) is 0. The van der Waals surface area contributed by atoms with Gasteiger partial charge in [0.2, 0.25) is 0 Å². The third kappa shape index (κ3) is 3.11. The van der Waals surface area contributed by atoms with Crippen molar-refractivity contribution in [1.29, 1.82) is 0 Å². The molecule has 0 radical (unpaired) electrons. The number of benzene rings is 1. The molecule has 90 valence electrons. The summed E-state index contributed by atoms with van der Waals surface area (Å²) in [5, 5.41) is 6.21. The molecule has 0 aliphatic carbocycles. The molecule has 2 aromatic rings. The Kier molecular flexibility index (Phi) is 4.23. The van der Waals surface area contributed by atoms with E-state index in [1.807, 2.05) is 11.4 Å². The predicted molar refractivity (Wildman–Crippen MR) is 69.8 cm³/mol. The van der Waals surface area contributed by atoms with Crippen LogP contribution < -0.4 is 5.32 Å². The van der Waals surface area contributed by atoms with Gasteiger partial charge in [-0.2, -0.15) is 0 Å². The summed E-state index contributed by atoms with van der Waals surface area (Å²) in [5.41, 5.74) is 1.32. The molecule has 0 aliphatic rings. The van der Waals surface area contributed by atoms with Crippen molar-refractivity contribution >= 4 is 11.3 Å². The fourth-order valence-electron chi connectivity index (χ4n) is 1.59. The highest BCUT2D eigenvalue weighted by molar-refractivity contribution is 7.09. The van der Waals surface area contributed by atoms with Crippen LogP contribution >= 0.6 is 11.3 Å². The molecule has 2 rings (SSSR count). The van der Waals surface area contributed by atoms with Crippen LogP contribution in [0, 0.1) is 5.82 Å². The summed E-state index contributed by atoms with van der Waals surface area (Å²) in [5.74, 6) is -0.212. The van der Waals surface area contributed by atoms with Gasteiger partial charge in [0.25, 0.3) is 0 Å². The Hall–Kier alpha value is -1.26. The number of rotatable bonds is 5.